The van der Waals surface area contributed by atoms with Crippen LogP contribution in [0.5, 0.6) is 0 Å². The molecule has 2 rings (SSSR count). The Morgan fingerprint density at radius 2 is 2.04 bits per heavy atom. The van der Waals surface area contributed by atoms with Crippen LogP contribution in [0.25, 0.3) is 10.9 Å². The first-order chi connectivity index (χ1) is 11.1. The number of aromatic nitrogens is 1. The van der Waals surface area contributed by atoms with Crippen molar-refractivity contribution in [3.8, 4) is 0 Å². The number of nitrogens with one attached hydrogen (secondary N) is 2. The minimum atomic E-state index is -0.955. The lowest BCUT2D eigenvalue weighted by Crippen LogP contribution is -2.40. The quantitative estimate of drug-likeness (QED) is 0.664. The van der Waals surface area contributed by atoms with Gasteiger partial charge in [-0.15, -0.1) is 0 Å². The Labute approximate surface area is 136 Å². The monoisotopic (exact) mass is 316 g/mol. The van der Waals surface area contributed by atoms with Gasteiger partial charge in [-0.1, -0.05) is 38.0 Å². The summed E-state index contributed by atoms with van der Waals surface area (Å²) in [6.45, 7) is 2.00. The number of benzene rings is 1. The van der Waals surface area contributed by atoms with Gasteiger partial charge in [-0.05, 0) is 30.9 Å². The molecule has 0 unspecified atom stereocenters. The number of carboxylic acids is 1. The zero-order valence-electron chi connectivity index (χ0n) is 13.5. The van der Waals surface area contributed by atoms with Gasteiger partial charge >= 0.3 is 5.97 Å². The molecule has 1 atom stereocenters. The molecule has 124 valence electrons. The van der Waals surface area contributed by atoms with Crippen LogP contribution in [0.15, 0.2) is 30.5 Å². The van der Waals surface area contributed by atoms with Crippen molar-refractivity contribution in [3.05, 3.63) is 36.0 Å². The highest BCUT2D eigenvalue weighted by Gasteiger charge is 2.18. The molecule has 0 aliphatic rings. The van der Waals surface area contributed by atoms with E-state index in [0.717, 1.165) is 24.8 Å². The molecule has 0 aliphatic carbocycles. The van der Waals surface area contributed by atoms with Crippen LogP contribution >= 0.6 is 0 Å². The molecule has 0 fully saturated rings. The van der Waals surface area contributed by atoms with Gasteiger partial charge in [0, 0.05) is 23.5 Å². The molecule has 1 aromatic carbocycles. The normalized spacial score (nSPS) is 12.2. The van der Waals surface area contributed by atoms with E-state index in [9.17, 15) is 9.59 Å². The largest absolute Gasteiger partial charge is 0.480 e. The van der Waals surface area contributed by atoms with Gasteiger partial charge in [0.15, 0.2) is 0 Å². The number of hydrogen-bond donors (Lipinski definition) is 3. The Kier molecular flexibility index (Phi) is 6.20. The Balaban J connectivity index is 1.81. The Bertz CT molecular complexity index is 663. The maximum Gasteiger partial charge on any atom is 0.326 e. The van der Waals surface area contributed by atoms with Crippen molar-refractivity contribution in [2.75, 3.05) is 0 Å². The van der Waals surface area contributed by atoms with E-state index >= 15 is 0 Å². The molecule has 1 heterocycles. The second-order valence-corrected chi connectivity index (χ2v) is 5.81. The Hall–Kier alpha value is -2.30. The third-order valence-electron chi connectivity index (χ3n) is 4.00. The van der Waals surface area contributed by atoms with Crippen LogP contribution < -0.4 is 5.32 Å². The van der Waals surface area contributed by atoms with E-state index in [-0.39, 0.29) is 5.91 Å². The standard InChI is InChI=1S/C18H24N2O3/c1-2-3-9-16(18(22)23)20-17(21)11-6-7-13-12-19-15-10-5-4-8-14(13)15/h4-5,8,10,12,16,19H,2-3,6-7,9,11H2,1H3,(H,20,21)(H,22,23)/t16-/m0/s1. The summed E-state index contributed by atoms with van der Waals surface area (Å²) in [5, 5.41) is 12.9. The SMILES string of the molecule is CCCC[C@H](NC(=O)CCCc1c[nH]c2ccccc12)C(=O)O. The van der Waals surface area contributed by atoms with Crippen molar-refractivity contribution < 1.29 is 14.7 Å². The molecule has 5 nitrogen and oxygen atoms in total. The van der Waals surface area contributed by atoms with Crippen LogP contribution in [-0.4, -0.2) is 28.0 Å². The topological polar surface area (TPSA) is 82.2 Å². The number of aliphatic carboxylic acids is 1. The Morgan fingerprint density at radius 3 is 2.78 bits per heavy atom. The van der Waals surface area contributed by atoms with E-state index in [4.69, 9.17) is 5.11 Å². The molecular formula is C18H24N2O3. The first-order valence-corrected chi connectivity index (χ1v) is 8.19. The number of carbonyl (C=O) groups is 2. The van der Waals surface area contributed by atoms with E-state index < -0.39 is 12.0 Å². The molecule has 5 heteroatoms. The zero-order valence-corrected chi connectivity index (χ0v) is 13.5. The lowest BCUT2D eigenvalue weighted by molar-refractivity contribution is -0.142. The number of amides is 1. The van der Waals surface area contributed by atoms with Crippen molar-refractivity contribution in [1.29, 1.82) is 0 Å². The van der Waals surface area contributed by atoms with Gasteiger partial charge in [0.05, 0.1) is 0 Å². The second-order valence-electron chi connectivity index (χ2n) is 5.81. The zero-order chi connectivity index (χ0) is 16.7. The van der Waals surface area contributed by atoms with E-state index in [1.54, 1.807) is 0 Å². The van der Waals surface area contributed by atoms with E-state index in [0.29, 0.717) is 19.3 Å². The molecule has 1 aromatic heterocycles. The maximum atomic E-state index is 11.9. The third-order valence-corrected chi connectivity index (χ3v) is 4.00. The van der Waals surface area contributed by atoms with Crippen LogP contribution in [0, 0.1) is 0 Å². The molecule has 2 aromatic rings. The van der Waals surface area contributed by atoms with E-state index in [2.05, 4.69) is 16.4 Å². The van der Waals surface area contributed by atoms with Gasteiger partial charge in [0.1, 0.15) is 6.04 Å². The number of carboxylic acid groups (broad SMARTS) is 1. The van der Waals surface area contributed by atoms with E-state index in [1.807, 2.05) is 31.3 Å². The van der Waals surface area contributed by atoms with E-state index in [1.165, 1.54) is 10.9 Å². The summed E-state index contributed by atoms with van der Waals surface area (Å²) in [5.74, 6) is -1.14. The summed E-state index contributed by atoms with van der Waals surface area (Å²) in [6, 6.07) is 7.30. The highest BCUT2D eigenvalue weighted by molar-refractivity contribution is 5.84. The van der Waals surface area contributed by atoms with Crippen molar-refractivity contribution in [1.82, 2.24) is 10.3 Å². The van der Waals surface area contributed by atoms with Gasteiger partial charge in [-0.25, -0.2) is 4.79 Å². The molecule has 1 amide bonds. The van der Waals surface area contributed by atoms with Crippen molar-refractivity contribution in [2.24, 2.45) is 0 Å². The Morgan fingerprint density at radius 1 is 1.26 bits per heavy atom. The molecule has 0 spiro atoms. The number of carbonyl (C=O) groups excluding carboxylic acids is 1. The highest BCUT2D eigenvalue weighted by atomic mass is 16.4. The summed E-state index contributed by atoms with van der Waals surface area (Å²) < 4.78 is 0. The number of H-pyrrole nitrogens is 1. The minimum absolute atomic E-state index is 0.187. The molecular weight excluding hydrogens is 292 g/mol. The van der Waals surface area contributed by atoms with Crippen molar-refractivity contribution >= 4 is 22.8 Å². The minimum Gasteiger partial charge on any atom is -0.480 e. The fourth-order valence-electron chi connectivity index (χ4n) is 2.71. The third kappa shape index (κ3) is 4.84. The number of fused-ring (bicyclic) bond motifs is 1. The van der Waals surface area contributed by atoms with Gasteiger partial charge < -0.3 is 15.4 Å². The molecule has 3 N–H and O–H groups in total. The average molecular weight is 316 g/mol. The summed E-state index contributed by atoms with van der Waals surface area (Å²) in [6.07, 6.45) is 6.02. The lowest BCUT2D eigenvalue weighted by Gasteiger charge is -2.13. The number of aromatic amines is 1. The molecule has 0 aliphatic heterocycles. The van der Waals surface area contributed by atoms with Crippen molar-refractivity contribution in [3.63, 3.8) is 0 Å². The fraction of sp³-hybridized carbons (Fsp3) is 0.444. The summed E-state index contributed by atoms with van der Waals surface area (Å²) >= 11 is 0. The number of hydrogen-bond acceptors (Lipinski definition) is 2. The molecule has 23 heavy (non-hydrogen) atoms. The summed E-state index contributed by atoms with van der Waals surface area (Å²) in [5.41, 5.74) is 2.28. The predicted octanol–water partition coefficient (Wildman–Crippen LogP) is 3.25. The molecule has 0 saturated heterocycles. The number of rotatable bonds is 9. The number of para-hydroxylation sites is 1. The van der Waals surface area contributed by atoms with Gasteiger partial charge in [-0.3, -0.25) is 4.79 Å². The first kappa shape index (κ1) is 17.1. The van der Waals surface area contributed by atoms with Crippen LogP contribution in [0.1, 0.15) is 44.6 Å². The van der Waals surface area contributed by atoms with Crippen molar-refractivity contribution in [2.45, 2.75) is 51.5 Å². The molecule has 0 bridgehead atoms. The first-order valence-electron chi connectivity index (χ1n) is 8.19. The maximum absolute atomic E-state index is 11.9. The average Bonchev–Trinajstić information content (AvgIpc) is 2.94. The van der Waals surface area contributed by atoms with Gasteiger partial charge in [-0.2, -0.15) is 0 Å². The fourth-order valence-corrected chi connectivity index (χ4v) is 2.71. The number of aryl methyl sites for hydroxylation is 1. The number of unbranched alkanes of at least 4 members (excludes halogenated alkanes) is 1. The van der Waals surface area contributed by atoms with Gasteiger partial charge in [0.25, 0.3) is 0 Å². The van der Waals surface area contributed by atoms with Crippen LogP contribution in [-0.2, 0) is 16.0 Å². The summed E-state index contributed by atoms with van der Waals surface area (Å²) in [4.78, 5) is 26.3. The smallest absolute Gasteiger partial charge is 0.326 e. The lowest BCUT2D eigenvalue weighted by atomic mass is 10.1. The molecule has 0 radical (unpaired) electrons. The second kappa shape index (κ2) is 8.36. The van der Waals surface area contributed by atoms with Gasteiger partial charge in [0.2, 0.25) is 5.91 Å². The van der Waals surface area contributed by atoms with Crippen LogP contribution in [0.3, 0.4) is 0 Å². The van der Waals surface area contributed by atoms with Crippen LogP contribution in [0.2, 0.25) is 0 Å². The van der Waals surface area contributed by atoms with Crippen LogP contribution in [0.4, 0.5) is 0 Å². The predicted molar refractivity (Wildman–Crippen MR) is 90.3 cm³/mol. The highest BCUT2D eigenvalue weighted by Crippen LogP contribution is 2.19. The molecule has 0 saturated carbocycles. The summed E-state index contributed by atoms with van der Waals surface area (Å²) in [7, 11) is 0.